The molecule has 2 N–H and O–H groups in total. The van der Waals surface area contributed by atoms with Crippen LogP contribution in [0.25, 0.3) is 0 Å². The molecule has 140 valence electrons. The fourth-order valence-electron chi connectivity index (χ4n) is 3.08. The third kappa shape index (κ3) is 4.19. The fourth-order valence-corrected chi connectivity index (χ4v) is 3.08. The van der Waals surface area contributed by atoms with Crippen molar-refractivity contribution in [2.75, 3.05) is 13.2 Å². The first-order valence-corrected chi connectivity index (χ1v) is 8.87. The van der Waals surface area contributed by atoms with E-state index in [9.17, 15) is 9.59 Å². The van der Waals surface area contributed by atoms with Gasteiger partial charge in [0.05, 0.1) is 0 Å². The maximum absolute atomic E-state index is 12.7. The van der Waals surface area contributed by atoms with Crippen LogP contribution in [0.5, 0.6) is 0 Å². The van der Waals surface area contributed by atoms with E-state index in [1.54, 1.807) is 13.0 Å². The summed E-state index contributed by atoms with van der Waals surface area (Å²) >= 11 is 0. The molecule has 1 atom stereocenters. The molecule has 1 amide bonds. The van der Waals surface area contributed by atoms with Gasteiger partial charge in [-0.25, -0.2) is 0 Å². The number of amides is 1. The van der Waals surface area contributed by atoms with Gasteiger partial charge in [0.25, 0.3) is 5.91 Å². The highest BCUT2D eigenvalue weighted by Crippen LogP contribution is 2.30. The Morgan fingerprint density at radius 2 is 2.04 bits per heavy atom. The molecule has 2 aromatic rings. The zero-order chi connectivity index (χ0) is 18.7. The molecule has 0 unspecified atom stereocenters. The lowest BCUT2D eigenvalue weighted by Crippen LogP contribution is -2.36. The molecule has 8 heteroatoms. The van der Waals surface area contributed by atoms with Crippen LogP contribution in [-0.4, -0.2) is 34.2 Å². The van der Waals surface area contributed by atoms with Crippen molar-refractivity contribution in [1.29, 1.82) is 0 Å². The van der Waals surface area contributed by atoms with E-state index >= 15 is 0 Å². The van der Waals surface area contributed by atoms with Crippen molar-refractivity contribution in [1.82, 2.24) is 20.4 Å². The molecule has 3 rings (SSSR count). The highest BCUT2D eigenvalue weighted by atomic mass is 16.5. The minimum absolute atomic E-state index is 0.133. The van der Waals surface area contributed by atoms with E-state index in [0.717, 1.165) is 12.8 Å². The Balaban J connectivity index is 1.86. The van der Waals surface area contributed by atoms with Gasteiger partial charge in [0, 0.05) is 36.5 Å². The highest BCUT2D eigenvalue weighted by molar-refractivity contribution is 5.94. The van der Waals surface area contributed by atoms with Crippen molar-refractivity contribution in [3.8, 4) is 0 Å². The number of pyridine rings is 1. The van der Waals surface area contributed by atoms with Crippen LogP contribution in [0, 0.1) is 12.8 Å². The van der Waals surface area contributed by atoms with Crippen LogP contribution in [0.3, 0.4) is 0 Å². The Morgan fingerprint density at radius 3 is 2.65 bits per heavy atom. The van der Waals surface area contributed by atoms with E-state index < -0.39 is 6.04 Å². The minimum atomic E-state index is -0.411. The quantitative estimate of drug-likeness (QED) is 0.845. The van der Waals surface area contributed by atoms with Crippen LogP contribution in [0.1, 0.15) is 66.4 Å². The van der Waals surface area contributed by atoms with Crippen molar-refractivity contribution in [2.45, 2.75) is 45.6 Å². The predicted octanol–water partition coefficient (Wildman–Crippen LogP) is 2.09. The summed E-state index contributed by atoms with van der Waals surface area (Å²) < 4.78 is 10.9. The lowest BCUT2D eigenvalue weighted by Gasteiger charge is -2.28. The third-order valence-corrected chi connectivity index (χ3v) is 4.51. The first kappa shape index (κ1) is 18.3. The molecule has 0 spiro atoms. The van der Waals surface area contributed by atoms with E-state index in [0.29, 0.717) is 36.2 Å². The molecule has 1 aliphatic rings. The highest BCUT2D eigenvalue weighted by Gasteiger charge is 2.32. The largest absolute Gasteiger partial charge is 0.381 e. The number of nitrogens with zero attached hydrogens (tertiary/aromatic N) is 2. The van der Waals surface area contributed by atoms with Crippen LogP contribution in [0.4, 0.5) is 0 Å². The maximum atomic E-state index is 12.7. The molecule has 0 bridgehead atoms. The Bertz CT molecular complexity index is 821. The van der Waals surface area contributed by atoms with Crippen LogP contribution < -0.4 is 10.9 Å². The van der Waals surface area contributed by atoms with Crippen molar-refractivity contribution >= 4 is 5.91 Å². The number of H-pyrrole nitrogens is 1. The lowest BCUT2D eigenvalue weighted by molar-refractivity contribution is 0.0467. The summed E-state index contributed by atoms with van der Waals surface area (Å²) in [4.78, 5) is 31.5. The number of carbonyl (C=O) groups is 1. The zero-order valence-corrected chi connectivity index (χ0v) is 15.2. The number of aromatic nitrogens is 3. The van der Waals surface area contributed by atoms with Crippen LogP contribution >= 0.6 is 0 Å². The van der Waals surface area contributed by atoms with Gasteiger partial charge in [0.2, 0.25) is 11.4 Å². The van der Waals surface area contributed by atoms with Crippen LogP contribution in [0.2, 0.25) is 0 Å². The normalized spacial score (nSPS) is 16.6. The molecule has 0 aromatic carbocycles. The first-order chi connectivity index (χ1) is 12.4. The number of rotatable bonds is 5. The van der Waals surface area contributed by atoms with E-state index in [4.69, 9.17) is 9.26 Å². The first-order valence-electron chi connectivity index (χ1n) is 8.87. The maximum Gasteiger partial charge on any atom is 0.252 e. The molecule has 0 saturated carbocycles. The van der Waals surface area contributed by atoms with Crippen LogP contribution in [-0.2, 0) is 4.74 Å². The number of hydrogen-bond acceptors (Lipinski definition) is 6. The number of aromatic amines is 1. The molecule has 1 saturated heterocycles. The van der Waals surface area contributed by atoms with Gasteiger partial charge in [0.1, 0.15) is 6.04 Å². The SMILES string of the molecule is Cc1cc(C(=O)N[C@@H](c2nc(C(C)C)no2)C2CCOCC2)cc(=O)[nH]1. The van der Waals surface area contributed by atoms with Crippen LogP contribution in [0.15, 0.2) is 21.5 Å². The second-order valence-corrected chi connectivity index (χ2v) is 6.96. The molecule has 26 heavy (non-hydrogen) atoms. The summed E-state index contributed by atoms with van der Waals surface area (Å²) in [5, 5.41) is 7.00. The van der Waals surface area contributed by atoms with E-state index in [2.05, 4.69) is 20.4 Å². The van der Waals surface area contributed by atoms with E-state index in [1.165, 1.54) is 6.07 Å². The molecule has 1 aliphatic heterocycles. The van der Waals surface area contributed by atoms with Gasteiger partial charge in [0.15, 0.2) is 5.82 Å². The van der Waals surface area contributed by atoms with Gasteiger partial charge in [-0.2, -0.15) is 4.98 Å². The fraction of sp³-hybridized carbons (Fsp3) is 0.556. The molecular weight excluding hydrogens is 336 g/mol. The number of ether oxygens (including phenoxy) is 1. The average molecular weight is 360 g/mol. The molecule has 0 aliphatic carbocycles. The molecular formula is C18H24N4O4. The second kappa shape index (κ2) is 7.82. The van der Waals surface area contributed by atoms with Crippen molar-refractivity contribution in [2.24, 2.45) is 5.92 Å². The topological polar surface area (TPSA) is 110 Å². The molecule has 2 aromatic heterocycles. The summed E-state index contributed by atoms with van der Waals surface area (Å²) in [5.41, 5.74) is 0.634. The van der Waals surface area contributed by atoms with Gasteiger partial charge in [-0.1, -0.05) is 19.0 Å². The zero-order valence-electron chi connectivity index (χ0n) is 15.2. The Morgan fingerprint density at radius 1 is 1.31 bits per heavy atom. The minimum Gasteiger partial charge on any atom is -0.381 e. The monoisotopic (exact) mass is 360 g/mol. The molecule has 1 fully saturated rings. The van der Waals surface area contributed by atoms with Crippen molar-refractivity contribution in [3.63, 3.8) is 0 Å². The van der Waals surface area contributed by atoms with Gasteiger partial charge in [-0.05, 0) is 31.7 Å². The summed E-state index contributed by atoms with van der Waals surface area (Å²) in [7, 11) is 0. The number of hydrogen-bond donors (Lipinski definition) is 2. The Hall–Kier alpha value is -2.48. The standard InChI is InChI=1S/C18H24N4O4/c1-10(2)16-21-18(26-22-16)15(12-4-6-25-7-5-12)20-17(24)13-8-11(3)19-14(23)9-13/h8-10,12,15H,4-7H2,1-3H3,(H,19,23)(H,20,24)/t15-/m1/s1. The molecule has 8 nitrogen and oxygen atoms in total. The van der Waals surface area contributed by atoms with Gasteiger partial charge < -0.3 is 19.6 Å². The van der Waals surface area contributed by atoms with Gasteiger partial charge in [-0.3, -0.25) is 9.59 Å². The average Bonchev–Trinajstić information content (AvgIpc) is 3.09. The van der Waals surface area contributed by atoms with E-state index in [-0.39, 0.29) is 23.3 Å². The van der Waals surface area contributed by atoms with Gasteiger partial charge >= 0.3 is 0 Å². The predicted molar refractivity (Wildman–Crippen MR) is 93.9 cm³/mol. The van der Waals surface area contributed by atoms with E-state index in [1.807, 2.05) is 13.8 Å². The molecule has 3 heterocycles. The number of nitrogens with one attached hydrogen (secondary N) is 2. The number of aryl methyl sites for hydroxylation is 1. The Labute approximate surface area is 151 Å². The summed E-state index contributed by atoms with van der Waals surface area (Å²) in [6, 6.07) is 2.52. The lowest BCUT2D eigenvalue weighted by atomic mass is 9.91. The van der Waals surface area contributed by atoms with Crippen molar-refractivity contribution < 1.29 is 14.1 Å². The van der Waals surface area contributed by atoms with Crippen molar-refractivity contribution in [3.05, 3.63) is 45.5 Å². The second-order valence-electron chi connectivity index (χ2n) is 6.96. The summed E-state index contributed by atoms with van der Waals surface area (Å²) in [5.74, 6) is 0.943. The Kier molecular flexibility index (Phi) is 5.51. The summed E-state index contributed by atoms with van der Waals surface area (Å²) in [6.45, 7) is 6.96. The smallest absolute Gasteiger partial charge is 0.252 e. The molecule has 0 radical (unpaired) electrons. The summed E-state index contributed by atoms with van der Waals surface area (Å²) in [6.07, 6.45) is 1.58. The third-order valence-electron chi connectivity index (χ3n) is 4.51. The number of carbonyl (C=O) groups excluding carboxylic acids is 1. The van der Waals surface area contributed by atoms with Gasteiger partial charge in [-0.15, -0.1) is 0 Å².